The van der Waals surface area contributed by atoms with Crippen molar-refractivity contribution in [1.82, 2.24) is 0 Å². The highest BCUT2D eigenvalue weighted by molar-refractivity contribution is 7.19. The summed E-state index contributed by atoms with van der Waals surface area (Å²) in [7, 11) is 1.71. The van der Waals surface area contributed by atoms with Crippen molar-refractivity contribution in [2.45, 2.75) is 32.5 Å². The average Bonchev–Trinajstić information content (AvgIpc) is 2.95. The minimum atomic E-state index is -0.519. The highest BCUT2D eigenvalue weighted by Crippen LogP contribution is 2.46. The van der Waals surface area contributed by atoms with Gasteiger partial charge in [0.15, 0.2) is 5.75 Å². The molecule has 1 saturated heterocycles. The average molecular weight is 299 g/mol. The second-order valence-electron chi connectivity index (χ2n) is 5.10. The van der Waals surface area contributed by atoms with Crippen LogP contribution in [0.3, 0.4) is 0 Å². The van der Waals surface area contributed by atoms with Gasteiger partial charge in [-0.25, -0.2) is 0 Å². The minimum absolute atomic E-state index is 0.0211. The van der Waals surface area contributed by atoms with Crippen molar-refractivity contribution >= 4 is 27.9 Å². The number of hydrogen-bond donors (Lipinski definition) is 2. The Bertz CT molecular complexity index is 501. The number of thiophene rings is 1. The largest absolute Gasteiger partial charge is 0.486 e. The third-order valence-electron chi connectivity index (χ3n) is 3.23. The van der Waals surface area contributed by atoms with Crippen LogP contribution in [0.15, 0.2) is 0 Å². The van der Waals surface area contributed by atoms with Crippen LogP contribution in [0.25, 0.3) is 0 Å². The highest BCUT2D eigenvalue weighted by atomic mass is 32.1. The van der Waals surface area contributed by atoms with Crippen LogP contribution in [0.2, 0.25) is 0 Å². The Kier molecular flexibility index (Phi) is 4.39. The van der Waals surface area contributed by atoms with E-state index in [1.54, 1.807) is 7.11 Å². The molecular weight excluding hydrogens is 278 g/mol. The summed E-state index contributed by atoms with van der Waals surface area (Å²) in [4.78, 5) is 14.0. The number of ether oxygens (including phenoxy) is 2. The van der Waals surface area contributed by atoms with E-state index in [2.05, 4.69) is 4.90 Å². The number of carbonyl (C=O) groups is 1. The van der Waals surface area contributed by atoms with E-state index < -0.39 is 5.91 Å². The van der Waals surface area contributed by atoms with Gasteiger partial charge in [0.05, 0.1) is 12.2 Å². The van der Waals surface area contributed by atoms with Gasteiger partial charge in [0.2, 0.25) is 0 Å². The van der Waals surface area contributed by atoms with E-state index in [9.17, 15) is 4.79 Å². The number of anilines is 2. The van der Waals surface area contributed by atoms with Crippen molar-refractivity contribution in [2.24, 2.45) is 5.73 Å². The fourth-order valence-corrected chi connectivity index (χ4v) is 3.30. The van der Waals surface area contributed by atoms with Gasteiger partial charge >= 0.3 is 0 Å². The molecule has 0 saturated carbocycles. The Morgan fingerprint density at radius 2 is 2.20 bits per heavy atom. The second-order valence-corrected chi connectivity index (χ2v) is 6.10. The third-order valence-corrected chi connectivity index (χ3v) is 4.49. The molecule has 4 N–H and O–H groups in total. The zero-order chi connectivity index (χ0) is 14.9. The molecule has 1 aromatic heterocycles. The van der Waals surface area contributed by atoms with Crippen LogP contribution in [0, 0.1) is 0 Å². The number of hydrogen-bond acceptors (Lipinski definition) is 6. The van der Waals surface area contributed by atoms with Gasteiger partial charge in [0, 0.05) is 20.2 Å². The molecule has 112 valence electrons. The van der Waals surface area contributed by atoms with Crippen molar-refractivity contribution in [3.63, 3.8) is 0 Å². The third kappa shape index (κ3) is 2.83. The van der Waals surface area contributed by atoms with Crippen molar-refractivity contribution in [1.29, 1.82) is 0 Å². The molecule has 1 amide bonds. The van der Waals surface area contributed by atoms with Crippen LogP contribution >= 0.6 is 11.3 Å². The lowest BCUT2D eigenvalue weighted by molar-refractivity contribution is 0.100. The predicted molar refractivity (Wildman–Crippen MR) is 80.6 cm³/mol. The number of amides is 1. The van der Waals surface area contributed by atoms with E-state index >= 15 is 0 Å². The van der Waals surface area contributed by atoms with Crippen LogP contribution < -0.4 is 21.1 Å². The Morgan fingerprint density at radius 3 is 2.70 bits per heavy atom. The normalized spacial score (nSPS) is 18.8. The Hall–Kier alpha value is -1.47. The zero-order valence-electron chi connectivity index (χ0n) is 12.0. The summed E-state index contributed by atoms with van der Waals surface area (Å²) in [5.41, 5.74) is 11.7. The molecule has 2 rings (SSSR count). The molecule has 0 aromatic carbocycles. The van der Waals surface area contributed by atoms with Crippen molar-refractivity contribution in [3.05, 3.63) is 4.88 Å². The molecule has 1 unspecified atom stereocenters. The van der Waals surface area contributed by atoms with Crippen LogP contribution in [0.5, 0.6) is 5.75 Å². The summed E-state index contributed by atoms with van der Waals surface area (Å²) in [6.07, 6.45) is 1.12. The van der Waals surface area contributed by atoms with E-state index in [0.717, 1.165) is 24.5 Å². The monoisotopic (exact) mass is 299 g/mol. The van der Waals surface area contributed by atoms with Gasteiger partial charge < -0.3 is 25.8 Å². The quantitative estimate of drug-likeness (QED) is 0.858. The lowest BCUT2D eigenvalue weighted by atomic mass is 10.3. The minimum Gasteiger partial charge on any atom is -0.486 e. The van der Waals surface area contributed by atoms with Gasteiger partial charge in [0.25, 0.3) is 5.91 Å². The topological polar surface area (TPSA) is 90.8 Å². The fraction of sp³-hybridized carbons (Fsp3) is 0.615. The van der Waals surface area contributed by atoms with Gasteiger partial charge in [-0.15, -0.1) is 11.3 Å². The summed E-state index contributed by atoms with van der Waals surface area (Å²) in [6.45, 7) is 5.47. The molecular formula is C13H21N3O3S. The summed E-state index contributed by atoms with van der Waals surface area (Å²) in [6, 6.07) is 0. The molecule has 6 nitrogen and oxygen atoms in total. The summed E-state index contributed by atoms with van der Waals surface area (Å²) in [5.74, 6) is 0.0467. The van der Waals surface area contributed by atoms with E-state index in [4.69, 9.17) is 20.9 Å². The predicted octanol–water partition coefficient (Wildman–Crippen LogP) is 1.44. The standard InChI is InChI=1S/C13H21N3O3S/c1-7(2)19-10-9(14)11(12(15)17)20-13(10)16-5-4-8(6-16)18-3/h7-8H,4-6,14H2,1-3H3,(H2,15,17). The Balaban J connectivity index is 2.35. The Labute approximate surface area is 122 Å². The molecule has 20 heavy (non-hydrogen) atoms. The molecule has 1 fully saturated rings. The molecule has 1 aliphatic rings. The molecule has 0 radical (unpaired) electrons. The van der Waals surface area contributed by atoms with Crippen molar-refractivity contribution in [3.8, 4) is 5.75 Å². The molecule has 1 aromatic rings. The van der Waals surface area contributed by atoms with Gasteiger partial charge in [0.1, 0.15) is 15.6 Å². The smallest absolute Gasteiger partial charge is 0.261 e. The first-order valence-electron chi connectivity index (χ1n) is 6.60. The number of carbonyl (C=O) groups excluding carboxylic acids is 1. The maximum absolute atomic E-state index is 11.5. The molecule has 0 bridgehead atoms. The summed E-state index contributed by atoms with van der Waals surface area (Å²) in [5, 5.41) is 0.865. The van der Waals surface area contributed by atoms with Gasteiger partial charge in [-0.05, 0) is 20.3 Å². The lowest BCUT2D eigenvalue weighted by Crippen LogP contribution is -2.22. The first kappa shape index (κ1) is 14.9. The number of primary amides is 1. The SMILES string of the molecule is COC1CCN(c2sc(C(N)=O)c(N)c2OC(C)C)C1. The van der Waals surface area contributed by atoms with Crippen molar-refractivity contribution in [2.75, 3.05) is 30.8 Å². The number of nitrogens with two attached hydrogens (primary N) is 2. The van der Waals surface area contributed by atoms with Crippen LogP contribution in [0.4, 0.5) is 10.7 Å². The highest BCUT2D eigenvalue weighted by Gasteiger charge is 2.30. The fourth-order valence-electron chi connectivity index (χ4n) is 2.26. The molecule has 1 aliphatic heterocycles. The first-order chi connectivity index (χ1) is 9.43. The molecule has 7 heteroatoms. The molecule has 1 atom stereocenters. The number of nitrogen functional groups attached to an aromatic ring is 1. The molecule has 0 spiro atoms. The molecule has 0 aliphatic carbocycles. The van der Waals surface area contributed by atoms with E-state index in [1.807, 2.05) is 13.8 Å². The summed E-state index contributed by atoms with van der Waals surface area (Å²) < 4.78 is 11.2. The zero-order valence-corrected chi connectivity index (χ0v) is 12.8. The summed E-state index contributed by atoms with van der Waals surface area (Å²) >= 11 is 1.29. The van der Waals surface area contributed by atoms with Crippen LogP contribution in [0.1, 0.15) is 29.9 Å². The maximum Gasteiger partial charge on any atom is 0.261 e. The Morgan fingerprint density at radius 1 is 1.50 bits per heavy atom. The number of rotatable bonds is 5. The van der Waals surface area contributed by atoms with Gasteiger partial charge in [-0.1, -0.05) is 0 Å². The maximum atomic E-state index is 11.5. The van der Waals surface area contributed by atoms with Crippen molar-refractivity contribution < 1.29 is 14.3 Å². The molecule has 2 heterocycles. The van der Waals surface area contributed by atoms with E-state index in [1.165, 1.54) is 11.3 Å². The van der Waals surface area contributed by atoms with Crippen LogP contribution in [-0.2, 0) is 4.74 Å². The van der Waals surface area contributed by atoms with E-state index in [-0.39, 0.29) is 12.2 Å². The number of nitrogens with zero attached hydrogens (tertiary/aromatic N) is 1. The lowest BCUT2D eigenvalue weighted by Gasteiger charge is -2.19. The second kappa shape index (κ2) is 5.88. The number of methoxy groups -OCH3 is 1. The first-order valence-corrected chi connectivity index (χ1v) is 7.42. The van der Waals surface area contributed by atoms with E-state index in [0.29, 0.717) is 16.3 Å². The van der Waals surface area contributed by atoms with Crippen LogP contribution in [-0.4, -0.2) is 38.3 Å². The van der Waals surface area contributed by atoms with Gasteiger partial charge in [-0.3, -0.25) is 4.79 Å². The van der Waals surface area contributed by atoms with Gasteiger partial charge in [-0.2, -0.15) is 0 Å².